The maximum atomic E-state index is 12.6. The van der Waals surface area contributed by atoms with Gasteiger partial charge in [-0.2, -0.15) is 0 Å². The predicted octanol–water partition coefficient (Wildman–Crippen LogP) is 4.45. The summed E-state index contributed by atoms with van der Waals surface area (Å²) in [5.74, 6) is -0.310. The standard InChI is InChI=1S/C21H23N3O3S2/c1-4-14(2)24-29(26,27)19-10-8-16(9-11-19)21(25)23-18-7-5-6-17(12-18)20-13-28-15(3)22-20/h5-14,24H,4H2,1-3H3,(H,23,25). The lowest BCUT2D eigenvalue weighted by molar-refractivity contribution is 0.102. The minimum atomic E-state index is -3.59. The Kier molecular flexibility index (Phi) is 6.46. The van der Waals surface area contributed by atoms with Gasteiger partial charge in [-0.15, -0.1) is 11.3 Å². The van der Waals surface area contributed by atoms with Gasteiger partial charge in [-0.05, 0) is 56.7 Å². The molecule has 1 heterocycles. The Balaban J connectivity index is 1.73. The molecule has 0 saturated carbocycles. The van der Waals surface area contributed by atoms with Crippen molar-refractivity contribution in [2.45, 2.75) is 38.1 Å². The molecule has 1 atom stereocenters. The first-order valence-corrected chi connectivity index (χ1v) is 11.6. The van der Waals surface area contributed by atoms with Gasteiger partial charge in [0.05, 0.1) is 15.6 Å². The van der Waals surface area contributed by atoms with Crippen LogP contribution in [0.15, 0.2) is 58.8 Å². The molecule has 1 aromatic heterocycles. The second-order valence-corrected chi connectivity index (χ2v) is 9.52. The van der Waals surface area contributed by atoms with E-state index in [4.69, 9.17) is 0 Å². The third-order valence-electron chi connectivity index (χ3n) is 4.43. The van der Waals surface area contributed by atoms with E-state index in [1.165, 1.54) is 24.3 Å². The largest absolute Gasteiger partial charge is 0.322 e. The van der Waals surface area contributed by atoms with Gasteiger partial charge in [-0.25, -0.2) is 18.1 Å². The maximum Gasteiger partial charge on any atom is 0.255 e. The molecule has 0 fully saturated rings. The number of rotatable bonds is 7. The number of carbonyl (C=O) groups is 1. The van der Waals surface area contributed by atoms with Gasteiger partial charge in [0.25, 0.3) is 5.91 Å². The summed E-state index contributed by atoms with van der Waals surface area (Å²) in [5.41, 5.74) is 2.81. The van der Waals surface area contributed by atoms with Crippen LogP contribution in [0.1, 0.15) is 35.6 Å². The van der Waals surface area contributed by atoms with Crippen LogP contribution in [0.2, 0.25) is 0 Å². The Bertz CT molecular complexity index is 1110. The summed E-state index contributed by atoms with van der Waals surface area (Å²) >= 11 is 1.57. The molecular formula is C21H23N3O3S2. The monoisotopic (exact) mass is 429 g/mol. The summed E-state index contributed by atoms with van der Waals surface area (Å²) < 4.78 is 27.3. The second kappa shape index (κ2) is 8.86. The maximum absolute atomic E-state index is 12.6. The second-order valence-electron chi connectivity index (χ2n) is 6.74. The molecule has 8 heteroatoms. The highest BCUT2D eigenvalue weighted by Crippen LogP contribution is 2.24. The number of hydrogen-bond acceptors (Lipinski definition) is 5. The summed E-state index contributed by atoms with van der Waals surface area (Å²) in [6.07, 6.45) is 0.694. The Morgan fingerprint density at radius 1 is 1.17 bits per heavy atom. The molecule has 6 nitrogen and oxygen atoms in total. The van der Waals surface area contributed by atoms with E-state index >= 15 is 0 Å². The van der Waals surface area contributed by atoms with E-state index in [9.17, 15) is 13.2 Å². The molecule has 0 spiro atoms. The molecule has 29 heavy (non-hydrogen) atoms. The topological polar surface area (TPSA) is 88.2 Å². The summed E-state index contributed by atoms with van der Waals surface area (Å²) in [6, 6.07) is 13.2. The fourth-order valence-electron chi connectivity index (χ4n) is 2.66. The van der Waals surface area contributed by atoms with Crippen molar-refractivity contribution in [3.63, 3.8) is 0 Å². The third kappa shape index (κ3) is 5.29. The van der Waals surface area contributed by atoms with Gasteiger partial charge < -0.3 is 5.32 Å². The molecule has 0 saturated heterocycles. The molecule has 3 aromatic rings. The lowest BCUT2D eigenvalue weighted by atomic mass is 10.1. The average Bonchev–Trinajstić information content (AvgIpc) is 3.14. The van der Waals surface area contributed by atoms with E-state index < -0.39 is 10.0 Å². The van der Waals surface area contributed by atoms with Crippen molar-refractivity contribution in [3.05, 3.63) is 64.5 Å². The van der Waals surface area contributed by atoms with Crippen molar-refractivity contribution in [3.8, 4) is 11.3 Å². The summed E-state index contributed by atoms with van der Waals surface area (Å²) in [6.45, 7) is 5.66. The predicted molar refractivity (Wildman–Crippen MR) is 117 cm³/mol. The van der Waals surface area contributed by atoms with Crippen LogP contribution in [-0.2, 0) is 10.0 Å². The number of anilines is 1. The van der Waals surface area contributed by atoms with Crippen LogP contribution < -0.4 is 10.0 Å². The third-order valence-corrected chi connectivity index (χ3v) is 6.81. The summed E-state index contributed by atoms with van der Waals surface area (Å²) in [5, 5.41) is 5.80. The van der Waals surface area contributed by atoms with Gasteiger partial charge >= 0.3 is 0 Å². The summed E-state index contributed by atoms with van der Waals surface area (Å²) in [7, 11) is -3.59. The molecule has 152 valence electrons. The van der Waals surface area contributed by atoms with Crippen LogP contribution in [-0.4, -0.2) is 25.4 Å². The zero-order chi connectivity index (χ0) is 21.0. The number of aryl methyl sites for hydroxylation is 1. The van der Waals surface area contributed by atoms with Gasteiger partial charge in [0, 0.05) is 28.2 Å². The lowest BCUT2D eigenvalue weighted by Gasteiger charge is -2.12. The number of aromatic nitrogens is 1. The highest BCUT2D eigenvalue weighted by atomic mass is 32.2. The van der Waals surface area contributed by atoms with E-state index in [0.29, 0.717) is 17.7 Å². The van der Waals surface area contributed by atoms with Crippen molar-refractivity contribution in [1.29, 1.82) is 0 Å². The number of nitrogens with one attached hydrogen (secondary N) is 2. The zero-order valence-corrected chi connectivity index (χ0v) is 18.1. The van der Waals surface area contributed by atoms with E-state index in [-0.39, 0.29) is 16.8 Å². The number of benzene rings is 2. The molecular weight excluding hydrogens is 406 g/mol. The molecule has 2 N–H and O–H groups in total. The molecule has 0 bridgehead atoms. The van der Waals surface area contributed by atoms with Crippen molar-refractivity contribution in [2.24, 2.45) is 0 Å². The normalized spacial score (nSPS) is 12.5. The van der Waals surface area contributed by atoms with Crippen LogP contribution >= 0.6 is 11.3 Å². The average molecular weight is 430 g/mol. The first kappa shape index (κ1) is 21.2. The number of nitrogens with zero attached hydrogens (tertiary/aromatic N) is 1. The highest BCUT2D eigenvalue weighted by Gasteiger charge is 2.17. The molecule has 3 rings (SSSR count). The van der Waals surface area contributed by atoms with Crippen LogP contribution in [0.5, 0.6) is 0 Å². The van der Waals surface area contributed by atoms with Gasteiger partial charge in [0.1, 0.15) is 0 Å². The molecule has 1 amide bonds. The molecule has 0 aliphatic rings. The Hall–Kier alpha value is -2.55. The van der Waals surface area contributed by atoms with E-state index in [2.05, 4.69) is 15.0 Å². The Morgan fingerprint density at radius 3 is 2.52 bits per heavy atom. The van der Waals surface area contributed by atoms with Gasteiger partial charge in [0.15, 0.2) is 0 Å². The molecule has 0 aliphatic heterocycles. The number of amides is 1. The van der Waals surface area contributed by atoms with Gasteiger partial charge in [0.2, 0.25) is 10.0 Å². The van der Waals surface area contributed by atoms with Crippen LogP contribution in [0.3, 0.4) is 0 Å². The minimum Gasteiger partial charge on any atom is -0.322 e. The smallest absolute Gasteiger partial charge is 0.255 e. The van der Waals surface area contributed by atoms with E-state index in [1.54, 1.807) is 24.3 Å². The van der Waals surface area contributed by atoms with Gasteiger partial charge in [-0.1, -0.05) is 19.1 Å². The quantitative estimate of drug-likeness (QED) is 0.581. The van der Waals surface area contributed by atoms with E-state index in [1.807, 2.05) is 37.4 Å². The minimum absolute atomic E-state index is 0.134. The SMILES string of the molecule is CCC(C)NS(=O)(=O)c1ccc(C(=O)Nc2cccc(-c3csc(C)n3)c2)cc1. The van der Waals surface area contributed by atoms with Gasteiger partial charge in [-0.3, -0.25) is 4.79 Å². The van der Waals surface area contributed by atoms with Crippen molar-refractivity contribution < 1.29 is 13.2 Å². The van der Waals surface area contributed by atoms with Crippen LogP contribution in [0.25, 0.3) is 11.3 Å². The van der Waals surface area contributed by atoms with Crippen molar-refractivity contribution >= 4 is 33.0 Å². The summed E-state index contributed by atoms with van der Waals surface area (Å²) in [4.78, 5) is 17.2. The molecule has 0 aliphatic carbocycles. The fraction of sp³-hybridized carbons (Fsp3) is 0.238. The van der Waals surface area contributed by atoms with E-state index in [0.717, 1.165) is 16.3 Å². The Labute approximate surface area is 175 Å². The first-order valence-electron chi connectivity index (χ1n) is 9.25. The van der Waals surface area contributed by atoms with Crippen LogP contribution in [0.4, 0.5) is 5.69 Å². The number of sulfonamides is 1. The van der Waals surface area contributed by atoms with Crippen molar-refractivity contribution in [1.82, 2.24) is 9.71 Å². The number of carbonyl (C=O) groups excluding carboxylic acids is 1. The fourth-order valence-corrected chi connectivity index (χ4v) is 4.61. The molecule has 2 aromatic carbocycles. The molecule has 1 unspecified atom stereocenters. The highest BCUT2D eigenvalue weighted by molar-refractivity contribution is 7.89. The zero-order valence-electron chi connectivity index (χ0n) is 16.5. The molecule has 0 radical (unpaired) electrons. The van der Waals surface area contributed by atoms with Crippen LogP contribution in [0, 0.1) is 6.92 Å². The Morgan fingerprint density at radius 2 is 1.90 bits per heavy atom. The number of hydrogen-bond donors (Lipinski definition) is 2. The van der Waals surface area contributed by atoms with Crippen molar-refractivity contribution in [2.75, 3.05) is 5.32 Å². The first-order chi connectivity index (χ1) is 13.8. The lowest BCUT2D eigenvalue weighted by Crippen LogP contribution is -2.32. The number of thiazole rings is 1.